The molecule has 0 radical (unpaired) electrons. The molecule has 0 heterocycles. The van der Waals surface area contributed by atoms with Crippen molar-refractivity contribution in [3.05, 3.63) is 0 Å². The second kappa shape index (κ2) is 8.08. The third-order valence-corrected chi connectivity index (χ3v) is 2.88. The van der Waals surface area contributed by atoms with Crippen LogP contribution in [0.2, 0.25) is 0 Å². The first-order valence-electron chi connectivity index (χ1n) is 6.76. The average molecular weight is 229 g/mol. The smallest absolute Gasteiger partial charge is 0.0771 e. The van der Waals surface area contributed by atoms with Crippen LogP contribution in [0, 0.1) is 5.41 Å². The van der Waals surface area contributed by atoms with Gasteiger partial charge in [-0.05, 0) is 18.8 Å². The first kappa shape index (κ1) is 15.9. The molecule has 0 aromatic rings. The van der Waals surface area contributed by atoms with E-state index in [2.05, 4.69) is 27.7 Å². The fraction of sp³-hybridized carbons (Fsp3) is 1.00. The molecule has 0 fully saturated rings. The highest BCUT2D eigenvalue weighted by molar-refractivity contribution is 4.81. The number of rotatable bonds is 8. The molecule has 98 valence electrons. The Labute approximate surface area is 102 Å². The van der Waals surface area contributed by atoms with Crippen LogP contribution in [0.4, 0.5) is 0 Å². The van der Waals surface area contributed by atoms with Crippen LogP contribution >= 0.6 is 0 Å². The van der Waals surface area contributed by atoms with Gasteiger partial charge in [0.1, 0.15) is 0 Å². The van der Waals surface area contributed by atoms with E-state index in [1.165, 1.54) is 32.1 Å². The minimum absolute atomic E-state index is 0.107. The third kappa shape index (κ3) is 7.24. The standard InChI is InChI=1S/C14H31NO/c1-6-7-8-9-10-11-16-13(12(2)15)14(3,4)5/h12-13H,6-11,15H2,1-5H3. The van der Waals surface area contributed by atoms with Crippen LogP contribution in [0.5, 0.6) is 0 Å². The molecule has 0 aliphatic heterocycles. The van der Waals surface area contributed by atoms with Crippen LogP contribution in [0.15, 0.2) is 0 Å². The van der Waals surface area contributed by atoms with Crippen LogP contribution in [0.25, 0.3) is 0 Å². The van der Waals surface area contributed by atoms with Crippen molar-refractivity contribution in [3.8, 4) is 0 Å². The number of unbranched alkanes of at least 4 members (excludes halogenated alkanes) is 4. The Morgan fingerprint density at radius 3 is 2.06 bits per heavy atom. The molecule has 0 aromatic carbocycles. The van der Waals surface area contributed by atoms with Crippen LogP contribution < -0.4 is 5.73 Å². The minimum atomic E-state index is 0.107. The van der Waals surface area contributed by atoms with Gasteiger partial charge in [0, 0.05) is 12.6 Å². The largest absolute Gasteiger partial charge is 0.376 e. The highest BCUT2D eigenvalue weighted by Crippen LogP contribution is 2.24. The van der Waals surface area contributed by atoms with Crippen LogP contribution in [-0.4, -0.2) is 18.8 Å². The molecule has 0 aromatic heterocycles. The summed E-state index contributed by atoms with van der Waals surface area (Å²) >= 11 is 0. The second-order valence-corrected chi connectivity index (χ2v) is 5.93. The van der Waals surface area contributed by atoms with Crippen LogP contribution in [0.3, 0.4) is 0 Å². The zero-order chi connectivity index (χ0) is 12.6. The molecular weight excluding hydrogens is 198 g/mol. The second-order valence-electron chi connectivity index (χ2n) is 5.93. The summed E-state index contributed by atoms with van der Waals surface area (Å²) in [4.78, 5) is 0. The molecule has 2 atom stereocenters. The Kier molecular flexibility index (Phi) is 8.04. The summed E-state index contributed by atoms with van der Waals surface area (Å²) in [6.45, 7) is 11.7. The van der Waals surface area contributed by atoms with Gasteiger partial charge >= 0.3 is 0 Å². The average Bonchev–Trinajstić information content (AvgIpc) is 2.13. The zero-order valence-corrected chi connectivity index (χ0v) is 11.9. The predicted octanol–water partition coefficient (Wildman–Crippen LogP) is 3.74. The molecule has 0 saturated heterocycles. The fourth-order valence-corrected chi connectivity index (χ4v) is 2.11. The Bertz CT molecular complexity index is 161. The summed E-state index contributed by atoms with van der Waals surface area (Å²) < 4.78 is 5.92. The summed E-state index contributed by atoms with van der Waals surface area (Å²) in [5.41, 5.74) is 6.10. The molecule has 0 amide bonds. The van der Waals surface area contributed by atoms with Crippen molar-refractivity contribution in [2.45, 2.75) is 78.9 Å². The minimum Gasteiger partial charge on any atom is -0.376 e. The maximum Gasteiger partial charge on any atom is 0.0771 e. The molecule has 2 nitrogen and oxygen atoms in total. The molecule has 0 bridgehead atoms. The molecule has 0 aliphatic carbocycles. The predicted molar refractivity (Wildman–Crippen MR) is 71.6 cm³/mol. The van der Waals surface area contributed by atoms with Gasteiger partial charge in [-0.3, -0.25) is 0 Å². The highest BCUT2D eigenvalue weighted by atomic mass is 16.5. The Balaban J connectivity index is 3.70. The van der Waals surface area contributed by atoms with Crippen LogP contribution in [0.1, 0.15) is 66.7 Å². The van der Waals surface area contributed by atoms with E-state index in [9.17, 15) is 0 Å². The van der Waals surface area contributed by atoms with Crippen LogP contribution in [-0.2, 0) is 4.74 Å². The van der Waals surface area contributed by atoms with Crippen molar-refractivity contribution in [2.75, 3.05) is 6.61 Å². The summed E-state index contributed by atoms with van der Waals surface area (Å²) in [7, 11) is 0. The highest BCUT2D eigenvalue weighted by Gasteiger charge is 2.28. The lowest BCUT2D eigenvalue weighted by molar-refractivity contribution is -0.0314. The summed E-state index contributed by atoms with van der Waals surface area (Å²) in [5, 5.41) is 0. The number of hydrogen-bond acceptors (Lipinski definition) is 2. The normalized spacial score (nSPS) is 16.1. The number of nitrogens with two attached hydrogens (primary N) is 1. The van der Waals surface area contributed by atoms with Gasteiger partial charge in [-0.1, -0.05) is 53.4 Å². The van der Waals surface area contributed by atoms with E-state index in [0.29, 0.717) is 0 Å². The van der Waals surface area contributed by atoms with Gasteiger partial charge in [0.15, 0.2) is 0 Å². The van der Waals surface area contributed by atoms with E-state index in [0.717, 1.165) is 6.61 Å². The van der Waals surface area contributed by atoms with Gasteiger partial charge in [0.2, 0.25) is 0 Å². The molecular formula is C14H31NO. The van der Waals surface area contributed by atoms with Gasteiger partial charge in [-0.15, -0.1) is 0 Å². The fourth-order valence-electron chi connectivity index (χ4n) is 2.11. The van der Waals surface area contributed by atoms with Gasteiger partial charge in [0.25, 0.3) is 0 Å². The Morgan fingerprint density at radius 1 is 1.06 bits per heavy atom. The van der Waals surface area contributed by atoms with Crippen molar-refractivity contribution < 1.29 is 4.74 Å². The first-order valence-corrected chi connectivity index (χ1v) is 6.76. The molecule has 0 spiro atoms. The van der Waals surface area contributed by atoms with Crippen molar-refractivity contribution >= 4 is 0 Å². The Hall–Kier alpha value is -0.0800. The SMILES string of the molecule is CCCCCCCOC(C(C)N)C(C)(C)C. The van der Waals surface area contributed by atoms with Crippen molar-refractivity contribution in [1.82, 2.24) is 0 Å². The number of ether oxygens (including phenoxy) is 1. The topological polar surface area (TPSA) is 35.2 Å². The van der Waals surface area contributed by atoms with E-state index >= 15 is 0 Å². The molecule has 16 heavy (non-hydrogen) atoms. The van der Waals surface area contributed by atoms with Gasteiger partial charge in [-0.2, -0.15) is 0 Å². The summed E-state index contributed by atoms with van der Waals surface area (Å²) in [6, 6.07) is 0.107. The summed E-state index contributed by atoms with van der Waals surface area (Å²) in [5.74, 6) is 0. The lowest BCUT2D eigenvalue weighted by atomic mass is 9.85. The van der Waals surface area contributed by atoms with Crippen molar-refractivity contribution in [1.29, 1.82) is 0 Å². The lowest BCUT2D eigenvalue weighted by Gasteiger charge is -2.33. The maximum absolute atomic E-state index is 5.96. The Morgan fingerprint density at radius 2 is 1.62 bits per heavy atom. The molecule has 0 rings (SSSR count). The van der Waals surface area contributed by atoms with E-state index in [1.807, 2.05) is 6.92 Å². The maximum atomic E-state index is 5.96. The van der Waals surface area contributed by atoms with Crippen molar-refractivity contribution in [2.24, 2.45) is 11.1 Å². The first-order chi connectivity index (χ1) is 7.39. The van der Waals surface area contributed by atoms with E-state index < -0.39 is 0 Å². The number of hydrogen-bond donors (Lipinski definition) is 1. The van der Waals surface area contributed by atoms with Gasteiger partial charge < -0.3 is 10.5 Å². The van der Waals surface area contributed by atoms with E-state index in [1.54, 1.807) is 0 Å². The molecule has 0 aliphatic rings. The summed E-state index contributed by atoms with van der Waals surface area (Å²) in [6.07, 6.45) is 6.58. The van der Waals surface area contributed by atoms with E-state index in [-0.39, 0.29) is 17.6 Å². The van der Waals surface area contributed by atoms with Gasteiger partial charge in [-0.25, -0.2) is 0 Å². The third-order valence-electron chi connectivity index (χ3n) is 2.88. The van der Waals surface area contributed by atoms with Gasteiger partial charge in [0.05, 0.1) is 6.10 Å². The molecule has 2 N–H and O–H groups in total. The molecule has 2 unspecified atom stereocenters. The van der Waals surface area contributed by atoms with Crippen molar-refractivity contribution in [3.63, 3.8) is 0 Å². The quantitative estimate of drug-likeness (QED) is 0.644. The lowest BCUT2D eigenvalue weighted by Crippen LogP contribution is -2.43. The van der Waals surface area contributed by atoms with E-state index in [4.69, 9.17) is 10.5 Å². The zero-order valence-electron chi connectivity index (χ0n) is 11.9. The molecule has 2 heteroatoms. The monoisotopic (exact) mass is 229 g/mol. The molecule has 0 saturated carbocycles.